The Morgan fingerprint density at radius 1 is 1.28 bits per heavy atom. The van der Waals surface area contributed by atoms with Gasteiger partial charge in [0.2, 0.25) is 0 Å². The van der Waals surface area contributed by atoms with E-state index in [4.69, 9.17) is 4.74 Å². The molecule has 0 aliphatic carbocycles. The number of halogens is 1. The van der Waals surface area contributed by atoms with Crippen molar-refractivity contribution in [1.29, 1.82) is 0 Å². The van der Waals surface area contributed by atoms with Gasteiger partial charge in [-0.2, -0.15) is 5.10 Å². The van der Waals surface area contributed by atoms with E-state index in [0.29, 0.717) is 0 Å². The molecule has 1 heterocycles. The van der Waals surface area contributed by atoms with Crippen LogP contribution in [0.4, 0.5) is 0 Å². The van der Waals surface area contributed by atoms with Gasteiger partial charge >= 0.3 is 0 Å². The monoisotopic (exact) mass is 308 g/mol. The van der Waals surface area contributed by atoms with Crippen LogP contribution in [0.2, 0.25) is 0 Å². The molecule has 0 saturated heterocycles. The van der Waals surface area contributed by atoms with Crippen molar-refractivity contribution in [3.8, 4) is 11.5 Å². The van der Waals surface area contributed by atoms with Crippen molar-refractivity contribution in [2.75, 3.05) is 0 Å². The van der Waals surface area contributed by atoms with Gasteiger partial charge in [-0.15, -0.1) is 0 Å². The van der Waals surface area contributed by atoms with Gasteiger partial charge in [-0.3, -0.25) is 4.68 Å². The second-order valence-corrected chi connectivity index (χ2v) is 6.15. The highest BCUT2D eigenvalue weighted by atomic mass is 79.9. The lowest BCUT2D eigenvalue weighted by Crippen LogP contribution is -2.24. The second-order valence-electron chi connectivity index (χ2n) is 5.24. The van der Waals surface area contributed by atoms with Gasteiger partial charge < -0.3 is 4.74 Å². The van der Waals surface area contributed by atoms with Crippen LogP contribution in [0.3, 0.4) is 0 Å². The molecule has 0 aliphatic heterocycles. The van der Waals surface area contributed by atoms with E-state index >= 15 is 0 Å². The SMILES string of the molecule is Cc1c(Oc2cccc(Br)c2)cnn1C(C)(C)C. The smallest absolute Gasteiger partial charge is 0.168 e. The van der Waals surface area contributed by atoms with Gasteiger partial charge in [-0.05, 0) is 45.9 Å². The Hall–Kier alpha value is -1.29. The number of rotatable bonds is 2. The molecule has 1 aromatic carbocycles. The predicted molar refractivity (Wildman–Crippen MR) is 76.2 cm³/mol. The third kappa shape index (κ3) is 2.75. The van der Waals surface area contributed by atoms with Gasteiger partial charge in [0.25, 0.3) is 0 Å². The average Bonchev–Trinajstić information content (AvgIpc) is 2.60. The summed E-state index contributed by atoms with van der Waals surface area (Å²) in [4.78, 5) is 0. The number of benzene rings is 1. The number of nitrogens with zero attached hydrogens (tertiary/aromatic N) is 2. The summed E-state index contributed by atoms with van der Waals surface area (Å²) in [5, 5.41) is 4.39. The summed E-state index contributed by atoms with van der Waals surface area (Å²) in [5.74, 6) is 1.60. The lowest BCUT2D eigenvalue weighted by Gasteiger charge is -2.21. The van der Waals surface area contributed by atoms with Gasteiger partial charge in [-0.1, -0.05) is 22.0 Å². The zero-order valence-electron chi connectivity index (χ0n) is 11.1. The molecule has 1 aromatic heterocycles. The summed E-state index contributed by atoms with van der Waals surface area (Å²) in [7, 11) is 0. The van der Waals surface area contributed by atoms with Gasteiger partial charge in [-0.25, -0.2) is 0 Å². The molecule has 2 rings (SSSR count). The van der Waals surface area contributed by atoms with Crippen LogP contribution in [-0.4, -0.2) is 9.78 Å². The minimum Gasteiger partial charge on any atom is -0.454 e. The second kappa shape index (κ2) is 4.76. The average molecular weight is 309 g/mol. The first-order valence-corrected chi connectivity index (χ1v) is 6.66. The third-order valence-corrected chi connectivity index (χ3v) is 3.12. The Balaban J connectivity index is 2.28. The first-order chi connectivity index (χ1) is 8.38. The summed E-state index contributed by atoms with van der Waals surface area (Å²) < 4.78 is 8.83. The van der Waals surface area contributed by atoms with E-state index in [1.165, 1.54) is 0 Å². The van der Waals surface area contributed by atoms with E-state index in [0.717, 1.165) is 21.7 Å². The number of aromatic nitrogens is 2. The lowest BCUT2D eigenvalue weighted by molar-refractivity contribution is 0.345. The summed E-state index contributed by atoms with van der Waals surface area (Å²) in [6.07, 6.45) is 1.77. The van der Waals surface area contributed by atoms with Crippen molar-refractivity contribution in [3.63, 3.8) is 0 Å². The third-order valence-electron chi connectivity index (χ3n) is 2.62. The Kier molecular flexibility index (Phi) is 3.48. The van der Waals surface area contributed by atoms with Crippen molar-refractivity contribution >= 4 is 15.9 Å². The maximum atomic E-state index is 5.85. The van der Waals surface area contributed by atoms with E-state index in [-0.39, 0.29) is 5.54 Å². The van der Waals surface area contributed by atoms with Crippen LogP contribution in [-0.2, 0) is 5.54 Å². The highest BCUT2D eigenvalue weighted by Gasteiger charge is 2.19. The molecular weight excluding hydrogens is 292 g/mol. The van der Waals surface area contributed by atoms with Crippen LogP contribution in [0.5, 0.6) is 11.5 Å². The molecule has 0 spiro atoms. The topological polar surface area (TPSA) is 27.1 Å². The maximum absolute atomic E-state index is 5.85. The summed E-state index contributed by atoms with van der Waals surface area (Å²) >= 11 is 3.43. The minimum absolute atomic E-state index is 0.0387. The Morgan fingerprint density at radius 3 is 2.56 bits per heavy atom. The van der Waals surface area contributed by atoms with Gasteiger partial charge in [0, 0.05) is 4.47 Å². The molecule has 0 bridgehead atoms. The molecule has 0 N–H and O–H groups in total. The van der Waals surface area contributed by atoms with Gasteiger partial charge in [0.15, 0.2) is 5.75 Å². The van der Waals surface area contributed by atoms with Crippen LogP contribution in [0.25, 0.3) is 0 Å². The molecule has 0 fully saturated rings. The molecule has 0 radical (unpaired) electrons. The van der Waals surface area contributed by atoms with Gasteiger partial charge in [0.1, 0.15) is 5.75 Å². The molecule has 96 valence electrons. The Morgan fingerprint density at radius 2 is 2.00 bits per heavy atom. The molecule has 0 aliphatic rings. The molecule has 0 saturated carbocycles. The molecule has 4 heteroatoms. The molecular formula is C14H17BrN2O. The largest absolute Gasteiger partial charge is 0.454 e. The first-order valence-electron chi connectivity index (χ1n) is 5.86. The van der Waals surface area contributed by atoms with Crippen LogP contribution >= 0.6 is 15.9 Å². The van der Waals surface area contributed by atoms with E-state index in [1.54, 1.807) is 6.20 Å². The maximum Gasteiger partial charge on any atom is 0.168 e. The molecule has 18 heavy (non-hydrogen) atoms. The Bertz CT molecular complexity index is 555. The van der Waals surface area contributed by atoms with Crippen LogP contribution in [0.15, 0.2) is 34.9 Å². The van der Waals surface area contributed by atoms with Crippen LogP contribution in [0, 0.1) is 6.92 Å². The van der Waals surface area contributed by atoms with Crippen molar-refractivity contribution in [2.45, 2.75) is 33.2 Å². The fourth-order valence-corrected chi connectivity index (χ4v) is 2.21. The van der Waals surface area contributed by atoms with E-state index < -0.39 is 0 Å². The zero-order chi connectivity index (χ0) is 13.3. The number of hydrogen-bond donors (Lipinski definition) is 0. The lowest BCUT2D eigenvalue weighted by atomic mass is 10.1. The molecule has 2 aromatic rings. The molecule has 0 unspecified atom stereocenters. The van der Waals surface area contributed by atoms with Crippen LogP contribution < -0.4 is 4.74 Å². The van der Waals surface area contributed by atoms with E-state index in [1.807, 2.05) is 35.9 Å². The molecule has 0 amide bonds. The predicted octanol–water partition coefficient (Wildman–Crippen LogP) is 4.50. The molecule has 0 atom stereocenters. The highest BCUT2D eigenvalue weighted by Crippen LogP contribution is 2.29. The number of hydrogen-bond acceptors (Lipinski definition) is 2. The van der Waals surface area contributed by atoms with Crippen LogP contribution in [0.1, 0.15) is 26.5 Å². The highest BCUT2D eigenvalue weighted by molar-refractivity contribution is 9.10. The van der Waals surface area contributed by atoms with E-state index in [2.05, 4.69) is 41.8 Å². The fraction of sp³-hybridized carbons (Fsp3) is 0.357. The van der Waals surface area contributed by atoms with Crippen molar-refractivity contribution in [2.24, 2.45) is 0 Å². The summed E-state index contributed by atoms with van der Waals surface area (Å²) in [6, 6.07) is 7.79. The summed E-state index contributed by atoms with van der Waals surface area (Å²) in [6.45, 7) is 8.38. The van der Waals surface area contributed by atoms with Gasteiger partial charge in [0.05, 0.1) is 17.4 Å². The molecule has 3 nitrogen and oxygen atoms in total. The van der Waals surface area contributed by atoms with Crippen molar-refractivity contribution in [3.05, 3.63) is 40.6 Å². The van der Waals surface area contributed by atoms with E-state index in [9.17, 15) is 0 Å². The quantitative estimate of drug-likeness (QED) is 0.816. The number of ether oxygens (including phenoxy) is 1. The standard InChI is InChI=1S/C14H17BrN2O/c1-10-13(9-16-17(10)14(2,3)4)18-12-7-5-6-11(15)8-12/h5-9H,1-4H3. The summed E-state index contributed by atoms with van der Waals surface area (Å²) in [5.41, 5.74) is 0.991. The first kappa shape index (κ1) is 13.1. The fourth-order valence-electron chi connectivity index (χ4n) is 1.83. The zero-order valence-corrected chi connectivity index (χ0v) is 12.7. The Labute approximate surface area is 116 Å². The normalized spacial score (nSPS) is 11.6. The van der Waals surface area contributed by atoms with Crippen molar-refractivity contribution in [1.82, 2.24) is 9.78 Å². The van der Waals surface area contributed by atoms with Crippen molar-refractivity contribution < 1.29 is 4.74 Å². The minimum atomic E-state index is -0.0387.